The Hall–Kier alpha value is -0.410. The van der Waals surface area contributed by atoms with Gasteiger partial charge in [-0.05, 0) is 46.0 Å². The molecule has 0 unspecified atom stereocenters. The lowest BCUT2D eigenvalue weighted by Crippen LogP contribution is -2.39. The van der Waals surface area contributed by atoms with Crippen molar-refractivity contribution in [2.75, 3.05) is 6.61 Å². The monoisotopic (exact) mass is 228 g/mol. The van der Waals surface area contributed by atoms with Crippen LogP contribution in [0.15, 0.2) is 0 Å². The van der Waals surface area contributed by atoms with E-state index in [0.29, 0.717) is 6.10 Å². The van der Waals surface area contributed by atoms with Gasteiger partial charge < -0.3 is 9.84 Å². The molecule has 94 valence electrons. The lowest BCUT2D eigenvalue weighted by molar-refractivity contribution is -0.140. The molecule has 0 heterocycles. The summed E-state index contributed by atoms with van der Waals surface area (Å²) in [5.74, 6) is 0.0166. The summed E-state index contributed by atoms with van der Waals surface area (Å²) in [6.45, 7) is 6.07. The maximum atomic E-state index is 11.8. The van der Waals surface area contributed by atoms with Crippen molar-refractivity contribution < 1.29 is 14.6 Å². The molecule has 1 aliphatic rings. The van der Waals surface area contributed by atoms with E-state index in [2.05, 4.69) is 6.92 Å². The lowest BCUT2D eigenvalue weighted by Gasteiger charge is -2.30. The van der Waals surface area contributed by atoms with E-state index in [4.69, 9.17) is 4.74 Å². The first-order valence-corrected chi connectivity index (χ1v) is 6.33. The van der Waals surface area contributed by atoms with Crippen LogP contribution in [-0.2, 0) is 9.53 Å². The highest BCUT2D eigenvalue weighted by Crippen LogP contribution is 2.29. The highest BCUT2D eigenvalue weighted by Gasteiger charge is 2.34. The van der Waals surface area contributed by atoms with Gasteiger partial charge in [0.05, 0.1) is 6.10 Å². The minimum atomic E-state index is -1.18. The van der Waals surface area contributed by atoms with Crippen LogP contribution in [0.1, 0.15) is 52.9 Å². The zero-order valence-corrected chi connectivity index (χ0v) is 10.7. The Bertz CT molecular complexity index is 222. The molecule has 0 bridgehead atoms. The fourth-order valence-corrected chi connectivity index (χ4v) is 2.28. The predicted octanol–water partition coefficient (Wildman–Crippen LogP) is 2.31. The molecule has 0 aromatic carbocycles. The second-order valence-corrected chi connectivity index (χ2v) is 5.27. The summed E-state index contributed by atoms with van der Waals surface area (Å²) in [7, 11) is 0. The molecule has 0 aliphatic heterocycles. The third-order valence-electron chi connectivity index (χ3n) is 3.21. The number of carbonyl (C=O) groups excluding carboxylic acids is 1. The van der Waals surface area contributed by atoms with Crippen molar-refractivity contribution in [1.82, 2.24) is 0 Å². The van der Waals surface area contributed by atoms with Crippen LogP contribution in [0.4, 0.5) is 0 Å². The minimum absolute atomic E-state index is 0.0126. The standard InChI is InChI=1S/C13H24O3/c1-4-9-16-11-7-5-10(6-8-11)12(14)13(2,3)15/h10-11,15H,4-9H2,1-3H3. The number of rotatable bonds is 5. The first kappa shape index (κ1) is 13.7. The zero-order valence-electron chi connectivity index (χ0n) is 10.7. The van der Waals surface area contributed by atoms with Crippen LogP contribution in [0.2, 0.25) is 0 Å². The van der Waals surface area contributed by atoms with Crippen molar-refractivity contribution in [3.05, 3.63) is 0 Å². The molecule has 0 saturated heterocycles. The summed E-state index contributed by atoms with van der Waals surface area (Å²) in [6, 6.07) is 0. The molecular formula is C13H24O3. The maximum Gasteiger partial charge on any atom is 0.166 e. The van der Waals surface area contributed by atoms with Crippen LogP contribution in [0, 0.1) is 5.92 Å². The number of Topliss-reactive ketones (excluding diaryl/α,β-unsaturated/α-hetero) is 1. The van der Waals surface area contributed by atoms with Crippen LogP contribution in [-0.4, -0.2) is 29.2 Å². The number of ketones is 1. The van der Waals surface area contributed by atoms with Crippen LogP contribution >= 0.6 is 0 Å². The van der Waals surface area contributed by atoms with Gasteiger partial charge in [-0.3, -0.25) is 4.79 Å². The molecule has 0 amide bonds. The summed E-state index contributed by atoms with van der Waals surface area (Å²) in [5.41, 5.74) is -1.18. The number of hydrogen-bond acceptors (Lipinski definition) is 3. The summed E-state index contributed by atoms with van der Waals surface area (Å²) in [5, 5.41) is 9.66. The fraction of sp³-hybridized carbons (Fsp3) is 0.923. The van der Waals surface area contributed by atoms with Crippen LogP contribution in [0.3, 0.4) is 0 Å². The van der Waals surface area contributed by atoms with E-state index in [9.17, 15) is 9.90 Å². The van der Waals surface area contributed by atoms with Gasteiger partial charge in [0.2, 0.25) is 0 Å². The van der Waals surface area contributed by atoms with E-state index < -0.39 is 5.60 Å². The van der Waals surface area contributed by atoms with Crippen molar-refractivity contribution in [2.24, 2.45) is 5.92 Å². The Morgan fingerprint density at radius 3 is 2.31 bits per heavy atom. The molecular weight excluding hydrogens is 204 g/mol. The van der Waals surface area contributed by atoms with Crippen molar-refractivity contribution >= 4 is 5.78 Å². The van der Waals surface area contributed by atoms with Gasteiger partial charge in [0.25, 0.3) is 0 Å². The van der Waals surface area contributed by atoms with E-state index >= 15 is 0 Å². The fourth-order valence-electron chi connectivity index (χ4n) is 2.28. The first-order valence-electron chi connectivity index (χ1n) is 6.33. The van der Waals surface area contributed by atoms with Crippen molar-refractivity contribution in [2.45, 2.75) is 64.6 Å². The number of ether oxygens (including phenoxy) is 1. The summed E-state index contributed by atoms with van der Waals surface area (Å²) in [6.07, 6.45) is 4.99. The Balaban J connectivity index is 2.34. The molecule has 0 spiro atoms. The maximum absolute atomic E-state index is 11.8. The molecule has 0 aromatic rings. The number of hydrogen-bond donors (Lipinski definition) is 1. The van der Waals surface area contributed by atoms with Crippen LogP contribution < -0.4 is 0 Å². The largest absolute Gasteiger partial charge is 0.383 e. The predicted molar refractivity (Wildman–Crippen MR) is 63.3 cm³/mol. The van der Waals surface area contributed by atoms with Gasteiger partial charge in [0.1, 0.15) is 5.60 Å². The van der Waals surface area contributed by atoms with Gasteiger partial charge in [0.15, 0.2) is 5.78 Å². The molecule has 3 heteroatoms. The molecule has 0 radical (unpaired) electrons. The molecule has 3 nitrogen and oxygen atoms in total. The summed E-state index contributed by atoms with van der Waals surface area (Å²) in [4.78, 5) is 11.8. The average molecular weight is 228 g/mol. The molecule has 1 saturated carbocycles. The molecule has 16 heavy (non-hydrogen) atoms. The third-order valence-corrected chi connectivity index (χ3v) is 3.21. The lowest BCUT2D eigenvalue weighted by atomic mass is 9.80. The van der Waals surface area contributed by atoms with Gasteiger partial charge in [-0.2, -0.15) is 0 Å². The second-order valence-electron chi connectivity index (χ2n) is 5.27. The Kier molecular flexibility index (Phi) is 4.93. The number of carbonyl (C=O) groups is 1. The van der Waals surface area contributed by atoms with Gasteiger partial charge >= 0.3 is 0 Å². The van der Waals surface area contributed by atoms with E-state index in [0.717, 1.165) is 38.7 Å². The highest BCUT2D eigenvalue weighted by atomic mass is 16.5. The Labute approximate surface area is 98.2 Å². The van der Waals surface area contributed by atoms with E-state index in [1.807, 2.05) is 0 Å². The highest BCUT2D eigenvalue weighted by molar-refractivity contribution is 5.88. The quantitative estimate of drug-likeness (QED) is 0.785. The molecule has 0 atom stereocenters. The third kappa shape index (κ3) is 3.87. The molecule has 1 rings (SSSR count). The smallest absolute Gasteiger partial charge is 0.166 e. The van der Waals surface area contributed by atoms with Crippen LogP contribution in [0.25, 0.3) is 0 Å². The SMILES string of the molecule is CCCOC1CCC(C(=O)C(C)(C)O)CC1. The van der Waals surface area contributed by atoms with Gasteiger partial charge in [-0.1, -0.05) is 6.92 Å². The Morgan fingerprint density at radius 1 is 1.31 bits per heavy atom. The van der Waals surface area contributed by atoms with E-state index in [1.54, 1.807) is 13.8 Å². The van der Waals surface area contributed by atoms with Crippen molar-refractivity contribution in [3.8, 4) is 0 Å². The van der Waals surface area contributed by atoms with E-state index in [1.165, 1.54) is 0 Å². The van der Waals surface area contributed by atoms with Crippen LogP contribution in [0.5, 0.6) is 0 Å². The average Bonchev–Trinajstić information content (AvgIpc) is 2.25. The summed E-state index contributed by atoms with van der Waals surface area (Å²) >= 11 is 0. The Morgan fingerprint density at radius 2 is 1.88 bits per heavy atom. The van der Waals surface area contributed by atoms with Crippen molar-refractivity contribution in [3.63, 3.8) is 0 Å². The van der Waals surface area contributed by atoms with E-state index in [-0.39, 0.29) is 11.7 Å². The molecule has 1 N–H and O–H groups in total. The number of aliphatic hydroxyl groups is 1. The normalized spacial score (nSPS) is 26.8. The van der Waals surface area contributed by atoms with Gasteiger partial charge in [0, 0.05) is 12.5 Å². The second kappa shape index (κ2) is 5.78. The summed E-state index contributed by atoms with van der Waals surface area (Å²) < 4.78 is 5.67. The first-order chi connectivity index (χ1) is 7.45. The molecule has 0 aromatic heterocycles. The van der Waals surface area contributed by atoms with Gasteiger partial charge in [-0.25, -0.2) is 0 Å². The minimum Gasteiger partial charge on any atom is -0.383 e. The zero-order chi connectivity index (χ0) is 12.2. The van der Waals surface area contributed by atoms with Gasteiger partial charge in [-0.15, -0.1) is 0 Å². The topological polar surface area (TPSA) is 46.5 Å². The molecule has 1 aliphatic carbocycles. The van der Waals surface area contributed by atoms with Crippen molar-refractivity contribution in [1.29, 1.82) is 0 Å². The molecule has 1 fully saturated rings.